The highest BCUT2D eigenvalue weighted by Gasteiger charge is 2.37. The Hall–Kier alpha value is -1.06. The van der Waals surface area contributed by atoms with Gasteiger partial charge in [0.15, 0.2) is 0 Å². The number of hydrogen-bond acceptors (Lipinski definition) is 3. The maximum absolute atomic E-state index is 6.59. The number of nitrogens with two attached hydrogens (primary N) is 1. The monoisotopic (exact) mass is 233 g/mol. The molecule has 0 saturated carbocycles. The molecule has 2 atom stereocenters. The van der Waals surface area contributed by atoms with E-state index in [2.05, 4.69) is 6.07 Å². The van der Waals surface area contributed by atoms with E-state index in [1.165, 1.54) is 6.42 Å². The highest BCUT2D eigenvalue weighted by atomic mass is 16.5. The lowest BCUT2D eigenvalue weighted by Gasteiger charge is -2.37. The maximum atomic E-state index is 6.59. The highest BCUT2D eigenvalue weighted by Crippen LogP contribution is 2.39. The van der Waals surface area contributed by atoms with Crippen LogP contribution in [0.15, 0.2) is 24.3 Å². The molecule has 0 aliphatic carbocycles. The third-order valence-electron chi connectivity index (χ3n) is 3.85. The summed E-state index contributed by atoms with van der Waals surface area (Å²) in [5.74, 6) is 0.944. The Morgan fingerprint density at radius 2 is 2.18 bits per heavy atom. The molecule has 0 aromatic heterocycles. The average molecular weight is 233 g/mol. The molecule has 3 nitrogen and oxygen atoms in total. The quantitative estimate of drug-likeness (QED) is 0.851. The fourth-order valence-corrected chi connectivity index (χ4v) is 2.91. The Balaban J connectivity index is 1.86. The zero-order valence-corrected chi connectivity index (χ0v) is 10.0. The van der Waals surface area contributed by atoms with Gasteiger partial charge in [0.1, 0.15) is 5.75 Å². The minimum atomic E-state index is -0.274. The summed E-state index contributed by atoms with van der Waals surface area (Å²) in [6.45, 7) is 1.60. The first-order valence-corrected chi connectivity index (χ1v) is 6.41. The first kappa shape index (κ1) is 11.1. The molecule has 0 amide bonds. The predicted octanol–water partition coefficient (Wildman–Crippen LogP) is 2.19. The van der Waals surface area contributed by atoms with Crippen LogP contribution in [0, 0.1) is 0 Å². The number of fused-ring (bicyclic) bond motifs is 1. The molecule has 2 aliphatic heterocycles. The molecule has 0 spiro atoms. The van der Waals surface area contributed by atoms with Gasteiger partial charge in [-0.1, -0.05) is 18.2 Å². The standard InChI is InChI=1S/C14H19NO2/c15-14(10-11-4-3-8-16-11)7-9-17-13-6-2-1-5-12(13)14/h1-2,5-6,11H,3-4,7-10,15H2. The van der Waals surface area contributed by atoms with Crippen LogP contribution in [0.2, 0.25) is 0 Å². The number of para-hydroxylation sites is 1. The lowest BCUT2D eigenvalue weighted by molar-refractivity contribution is 0.0713. The molecule has 17 heavy (non-hydrogen) atoms. The first-order valence-electron chi connectivity index (χ1n) is 6.41. The second-order valence-electron chi connectivity index (χ2n) is 5.09. The van der Waals surface area contributed by atoms with Gasteiger partial charge < -0.3 is 15.2 Å². The molecule has 1 saturated heterocycles. The van der Waals surface area contributed by atoms with Gasteiger partial charge in [0.25, 0.3) is 0 Å². The van der Waals surface area contributed by atoms with E-state index in [-0.39, 0.29) is 5.54 Å². The van der Waals surface area contributed by atoms with Gasteiger partial charge in [-0.2, -0.15) is 0 Å². The van der Waals surface area contributed by atoms with Gasteiger partial charge in [-0.05, 0) is 25.3 Å². The molecule has 3 rings (SSSR count). The number of hydrogen-bond donors (Lipinski definition) is 1. The first-order chi connectivity index (χ1) is 8.28. The third kappa shape index (κ3) is 2.05. The van der Waals surface area contributed by atoms with E-state index < -0.39 is 0 Å². The Morgan fingerprint density at radius 3 is 3.00 bits per heavy atom. The second kappa shape index (κ2) is 4.31. The number of ether oxygens (including phenoxy) is 2. The van der Waals surface area contributed by atoms with Crippen LogP contribution in [-0.2, 0) is 10.3 Å². The summed E-state index contributed by atoms with van der Waals surface area (Å²) >= 11 is 0. The second-order valence-corrected chi connectivity index (χ2v) is 5.09. The summed E-state index contributed by atoms with van der Waals surface area (Å²) in [5, 5.41) is 0. The largest absolute Gasteiger partial charge is 0.493 e. The molecule has 2 unspecified atom stereocenters. The summed E-state index contributed by atoms with van der Waals surface area (Å²) in [7, 11) is 0. The van der Waals surface area contributed by atoms with Gasteiger partial charge in [0.2, 0.25) is 0 Å². The fourth-order valence-electron chi connectivity index (χ4n) is 2.91. The molecule has 0 radical (unpaired) electrons. The Bertz CT molecular complexity index is 401. The molecular formula is C14H19NO2. The average Bonchev–Trinajstić information content (AvgIpc) is 2.82. The fraction of sp³-hybridized carbons (Fsp3) is 0.571. The topological polar surface area (TPSA) is 44.5 Å². The summed E-state index contributed by atoms with van der Waals surface area (Å²) in [4.78, 5) is 0. The summed E-state index contributed by atoms with van der Waals surface area (Å²) in [5.41, 5.74) is 7.46. The van der Waals surface area contributed by atoms with Gasteiger partial charge >= 0.3 is 0 Å². The summed E-state index contributed by atoms with van der Waals surface area (Å²) in [6, 6.07) is 8.12. The molecule has 3 heteroatoms. The van der Waals surface area contributed by atoms with Gasteiger partial charge in [-0.15, -0.1) is 0 Å². The SMILES string of the molecule is NC1(CC2CCCO2)CCOc2ccccc21. The third-order valence-corrected chi connectivity index (χ3v) is 3.85. The molecule has 0 bridgehead atoms. The van der Waals surface area contributed by atoms with Crippen molar-refractivity contribution in [2.24, 2.45) is 5.73 Å². The molecule has 2 heterocycles. The van der Waals surface area contributed by atoms with Crippen LogP contribution in [0.1, 0.15) is 31.2 Å². The maximum Gasteiger partial charge on any atom is 0.124 e. The van der Waals surface area contributed by atoms with Crippen molar-refractivity contribution in [1.29, 1.82) is 0 Å². The van der Waals surface area contributed by atoms with Crippen LogP contribution in [0.3, 0.4) is 0 Å². The van der Waals surface area contributed by atoms with Crippen LogP contribution in [-0.4, -0.2) is 19.3 Å². The van der Waals surface area contributed by atoms with Gasteiger partial charge in [-0.25, -0.2) is 0 Å². The summed E-state index contributed by atoms with van der Waals surface area (Å²) < 4.78 is 11.4. The Labute approximate surface area is 102 Å². The van der Waals surface area contributed by atoms with Crippen molar-refractivity contribution in [2.75, 3.05) is 13.2 Å². The van der Waals surface area contributed by atoms with Crippen LogP contribution in [0.4, 0.5) is 0 Å². The molecule has 92 valence electrons. The van der Waals surface area contributed by atoms with E-state index in [1.807, 2.05) is 18.2 Å². The predicted molar refractivity (Wildman–Crippen MR) is 66.0 cm³/mol. The lowest BCUT2D eigenvalue weighted by atomic mass is 9.80. The minimum absolute atomic E-state index is 0.274. The Kier molecular flexibility index (Phi) is 2.81. The molecule has 2 N–H and O–H groups in total. The zero-order chi connectivity index (χ0) is 11.7. The Morgan fingerprint density at radius 1 is 1.29 bits per heavy atom. The molecule has 1 fully saturated rings. The molecule has 2 aliphatic rings. The van der Waals surface area contributed by atoms with Crippen molar-refractivity contribution in [3.8, 4) is 5.75 Å². The van der Waals surface area contributed by atoms with Crippen molar-refractivity contribution in [2.45, 2.75) is 37.3 Å². The van der Waals surface area contributed by atoms with E-state index in [9.17, 15) is 0 Å². The van der Waals surface area contributed by atoms with Crippen LogP contribution in [0.5, 0.6) is 5.75 Å². The van der Waals surface area contributed by atoms with E-state index in [0.717, 1.165) is 37.2 Å². The zero-order valence-electron chi connectivity index (χ0n) is 10.0. The van der Waals surface area contributed by atoms with Crippen molar-refractivity contribution in [3.05, 3.63) is 29.8 Å². The van der Waals surface area contributed by atoms with E-state index in [4.69, 9.17) is 15.2 Å². The van der Waals surface area contributed by atoms with Crippen molar-refractivity contribution in [1.82, 2.24) is 0 Å². The molecule has 1 aromatic rings. The van der Waals surface area contributed by atoms with E-state index >= 15 is 0 Å². The van der Waals surface area contributed by atoms with Gasteiger partial charge in [0, 0.05) is 18.6 Å². The van der Waals surface area contributed by atoms with Crippen molar-refractivity contribution < 1.29 is 9.47 Å². The van der Waals surface area contributed by atoms with E-state index in [0.29, 0.717) is 12.7 Å². The van der Waals surface area contributed by atoms with Gasteiger partial charge in [-0.3, -0.25) is 0 Å². The van der Waals surface area contributed by atoms with Crippen LogP contribution in [0.25, 0.3) is 0 Å². The molecule has 1 aromatic carbocycles. The lowest BCUT2D eigenvalue weighted by Crippen LogP contribution is -2.44. The summed E-state index contributed by atoms with van der Waals surface area (Å²) in [6.07, 6.45) is 4.42. The van der Waals surface area contributed by atoms with Crippen molar-refractivity contribution in [3.63, 3.8) is 0 Å². The van der Waals surface area contributed by atoms with Crippen molar-refractivity contribution >= 4 is 0 Å². The number of rotatable bonds is 2. The number of benzene rings is 1. The smallest absolute Gasteiger partial charge is 0.124 e. The highest BCUT2D eigenvalue weighted by molar-refractivity contribution is 5.40. The minimum Gasteiger partial charge on any atom is -0.493 e. The van der Waals surface area contributed by atoms with Crippen LogP contribution >= 0.6 is 0 Å². The van der Waals surface area contributed by atoms with Gasteiger partial charge in [0.05, 0.1) is 18.2 Å². The molecular weight excluding hydrogens is 214 g/mol. The van der Waals surface area contributed by atoms with Crippen LogP contribution < -0.4 is 10.5 Å². The van der Waals surface area contributed by atoms with E-state index in [1.54, 1.807) is 0 Å². The normalized spacial score (nSPS) is 31.9.